The molecule has 3 rings (SSSR count). The van der Waals surface area contributed by atoms with Crippen LogP contribution in [0.25, 0.3) is 0 Å². The summed E-state index contributed by atoms with van der Waals surface area (Å²) >= 11 is 0. The lowest BCUT2D eigenvalue weighted by Gasteiger charge is -2.46. The van der Waals surface area contributed by atoms with Crippen molar-refractivity contribution in [3.8, 4) is 0 Å². The molecule has 0 aromatic heterocycles. The van der Waals surface area contributed by atoms with E-state index in [0.29, 0.717) is 12.0 Å². The Balaban J connectivity index is 1.82. The quantitative estimate of drug-likeness (QED) is 0.874. The van der Waals surface area contributed by atoms with Gasteiger partial charge >= 0.3 is 0 Å². The van der Waals surface area contributed by atoms with Crippen molar-refractivity contribution in [1.82, 2.24) is 0 Å². The number of hydrogen-bond donors (Lipinski definition) is 2. The average molecular weight is 287 g/mol. The molecule has 0 saturated heterocycles. The van der Waals surface area contributed by atoms with Gasteiger partial charge in [-0.25, -0.2) is 0 Å². The molecule has 1 aromatic rings. The number of hydrogen-bond acceptors (Lipinski definition) is 2. The van der Waals surface area contributed by atoms with Crippen LogP contribution in [0.5, 0.6) is 0 Å². The lowest BCUT2D eigenvalue weighted by molar-refractivity contribution is -0.0236. The molecule has 2 saturated carbocycles. The van der Waals surface area contributed by atoms with E-state index in [2.05, 4.69) is 38.1 Å². The molecule has 1 aromatic carbocycles. The second kappa shape index (κ2) is 5.40. The van der Waals surface area contributed by atoms with E-state index in [0.717, 1.165) is 37.2 Å². The predicted octanol–water partition coefficient (Wildman–Crippen LogP) is 4.14. The summed E-state index contributed by atoms with van der Waals surface area (Å²) in [6.45, 7) is 5.24. The van der Waals surface area contributed by atoms with E-state index in [-0.39, 0.29) is 5.41 Å². The van der Waals surface area contributed by atoms with Crippen molar-refractivity contribution in [2.45, 2.75) is 64.4 Å². The first-order valence-electron chi connectivity index (χ1n) is 8.44. The maximum Gasteiger partial charge on any atom is 0.0858 e. The van der Waals surface area contributed by atoms with Gasteiger partial charge < -0.3 is 10.8 Å². The molecule has 3 N–H and O–H groups in total. The van der Waals surface area contributed by atoms with E-state index in [1.807, 2.05) is 0 Å². The van der Waals surface area contributed by atoms with Gasteiger partial charge in [0.1, 0.15) is 0 Å². The Kier molecular flexibility index (Phi) is 3.87. The summed E-state index contributed by atoms with van der Waals surface area (Å²) in [6.07, 6.45) is 6.56. The van der Waals surface area contributed by atoms with Crippen molar-refractivity contribution in [2.75, 3.05) is 6.54 Å². The molecule has 2 nitrogen and oxygen atoms in total. The van der Waals surface area contributed by atoms with Crippen LogP contribution in [0.1, 0.15) is 75.5 Å². The second-order valence-corrected chi connectivity index (χ2v) is 8.08. The first kappa shape index (κ1) is 15.1. The summed E-state index contributed by atoms with van der Waals surface area (Å²) in [4.78, 5) is 0. The summed E-state index contributed by atoms with van der Waals surface area (Å²) < 4.78 is 0. The molecule has 0 heterocycles. The normalized spacial score (nSPS) is 25.5. The van der Waals surface area contributed by atoms with Crippen molar-refractivity contribution in [3.05, 3.63) is 35.4 Å². The Morgan fingerprint density at radius 1 is 1.19 bits per heavy atom. The van der Waals surface area contributed by atoms with Crippen molar-refractivity contribution in [2.24, 2.45) is 16.6 Å². The lowest BCUT2D eigenvalue weighted by atomic mass is 9.62. The largest absolute Gasteiger partial charge is 0.388 e. The van der Waals surface area contributed by atoms with E-state index in [1.54, 1.807) is 0 Å². The highest BCUT2D eigenvalue weighted by molar-refractivity contribution is 5.31. The monoisotopic (exact) mass is 287 g/mol. The van der Waals surface area contributed by atoms with Gasteiger partial charge in [-0.2, -0.15) is 0 Å². The molecule has 2 aliphatic rings. The topological polar surface area (TPSA) is 46.2 Å². The van der Waals surface area contributed by atoms with Gasteiger partial charge in [-0.15, -0.1) is 0 Å². The molecular formula is C19H29NO. The van der Waals surface area contributed by atoms with Gasteiger partial charge in [0.25, 0.3) is 0 Å². The first-order valence-corrected chi connectivity index (χ1v) is 8.44. The van der Waals surface area contributed by atoms with Gasteiger partial charge in [-0.05, 0) is 61.0 Å². The van der Waals surface area contributed by atoms with Crippen molar-refractivity contribution < 1.29 is 5.11 Å². The molecule has 0 spiro atoms. The van der Waals surface area contributed by atoms with Crippen molar-refractivity contribution in [1.29, 1.82) is 0 Å². The number of aliphatic hydroxyl groups excluding tert-OH is 1. The first-order chi connectivity index (χ1) is 9.96. The Morgan fingerprint density at radius 2 is 1.86 bits per heavy atom. The molecule has 0 aliphatic heterocycles. The van der Waals surface area contributed by atoms with Crippen LogP contribution in [0.2, 0.25) is 0 Å². The van der Waals surface area contributed by atoms with Crippen LogP contribution in [-0.4, -0.2) is 11.7 Å². The van der Waals surface area contributed by atoms with Crippen LogP contribution in [0.3, 0.4) is 0 Å². The zero-order valence-corrected chi connectivity index (χ0v) is 13.4. The van der Waals surface area contributed by atoms with E-state index in [4.69, 9.17) is 5.73 Å². The fourth-order valence-corrected chi connectivity index (χ4v) is 3.77. The third kappa shape index (κ3) is 3.02. The highest BCUT2D eigenvalue weighted by Gasteiger charge is 2.43. The minimum Gasteiger partial charge on any atom is -0.388 e. The Labute approximate surface area is 128 Å². The summed E-state index contributed by atoms with van der Waals surface area (Å²) in [6, 6.07) is 8.60. The summed E-state index contributed by atoms with van der Waals surface area (Å²) in [5, 5.41) is 11.0. The molecule has 2 aliphatic carbocycles. The van der Waals surface area contributed by atoms with Crippen molar-refractivity contribution in [3.63, 3.8) is 0 Å². The molecule has 1 unspecified atom stereocenters. The number of rotatable bonds is 4. The van der Waals surface area contributed by atoms with Gasteiger partial charge in [-0.3, -0.25) is 0 Å². The Hall–Kier alpha value is -0.860. The molecule has 1 atom stereocenters. The number of nitrogens with two attached hydrogens (primary N) is 1. The Bertz CT molecular complexity index is 494. The zero-order chi connectivity index (χ0) is 15.1. The SMILES string of the molecule is CC1(C)CCC(CN)(C(O)c2cccc(C3CC3)c2)CC1. The summed E-state index contributed by atoms with van der Waals surface area (Å²) in [7, 11) is 0. The van der Waals surface area contributed by atoms with E-state index in [9.17, 15) is 5.11 Å². The molecular weight excluding hydrogens is 258 g/mol. The zero-order valence-electron chi connectivity index (χ0n) is 13.4. The molecule has 0 bridgehead atoms. The highest BCUT2D eigenvalue weighted by Crippen LogP contribution is 2.51. The van der Waals surface area contributed by atoms with Gasteiger partial charge in [0.2, 0.25) is 0 Å². The van der Waals surface area contributed by atoms with Crippen molar-refractivity contribution >= 4 is 0 Å². The van der Waals surface area contributed by atoms with Crippen LogP contribution >= 0.6 is 0 Å². The van der Waals surface area contributed by atoms with Crippen LogP contribution in [0.4, 0.5) is 0 Å². The van der Waals surface area contributed by atoms with E-state index < -0.39 is 6.10 Å². The summed E-state index contributed by atoms with van der Waals surface area (Å²) in [5.41, 5.74) is 8.86. The van der Waals surface area contributed by atoms with Crippen LogP contribution in [0.15, 0.2) is 24.3 Å². The molecule has 2 heteroatoms. The van der Waals surface area contributed by atoms with Gasteiger partial charge in [0.15, 0.2) is 0 Å². The van der Waals surface area contributed by atoms with E-state index >= 15 is 0 Å². The minimum atomic E-state index is -0.419. The summed E-state index contributed by atoms with van der Waals surface area (Å²) in [5.74, 6) is 0.733. The fourth-order valence-electron chi connectivity index (χ4n) is 3.77. The third-order valence-corrected chi connectivity index (χ3v) is 5.86. The van der Waals surface area contributed by atoms with E-state index in [1.165, 1.54) is 18.4 Å². The van der Waals surface area contributed by atoms with Crippen LogP contribution < -0.4 is 5.73 Å². The molecule has 21 heavy (non-hydrogen) atoms. The molecule has 2 fully saturated rings. The van der Waals surface area contributed by atoms with Gasteiger partial charge in [0, 0.05) is 12.0 Å². The smallest absolute Gasteiger partial charge is 0.0858 e. The number of aliphatic hydroxyl groups is 1. The predicted molar refractivity (Wildman–Crippen MR) is 87.1 cm³/mol. The number of benzene rings is 1. The molecule has 116 valence electrons. The minimum absolute atomic E-state index is 0.127. The lowest BCUT2D eigenvalue weighted by Crippen LogP contribution is -2.41. The van der Waals surface area contributed by atoms with Crippen LogP contribution in [-0.2, 0) is 0 Å². The average Bonchev–Trinajstić information content (AvgIpc) is 3.32. The molecule has 0 radical (unpaired) electrons. The fraction of sp³-hybridized carbons (Fsp3) is 0.684. The second-order valence-electron chi connectivity index (χ2n) is 8.08. The Morgan fingerprint density at radius 3 is 2.43 bits per heavy atom. The van der Waals surface area contributed by atoms with Gasteiger partial charge in [0.05, 0.1) is 6.10 Å². The third-order valence-electron chi connectivity index (χ3n) is 5.86. The van der Waals surface area contributed by atoms with Gasteiger partial charge in [-0.1, -0.05) is 38.1 Å². The maximum atomic E-state index is 11.0. The maximum absolute atomic E-state index is 11.0. The highest BCUT2D eigenvalue weighted by atomic mass is 16.3. The standard InChI is InChI=1S/C19H29NO/c1-18(2)8-10-19(13-20,11-9-18)17(21)16-5-3-4-15(12-16)14-6-7-14/h3-5,12,14,17,21H,6-11,13,20H2,1-2H3. The van der Waals surface area contributed by atoms with Crippen LogP contribution in [0, 0.1) is 10.8 Å². The molecule has 0 amide bonds.